The Hall–Kier alpha value is -1.68. The molecule has 0 saturated carbocycles. The smallest absolute Gasteiger partial charge is 0.138 e. The Morgan fingerprint density at radius 3 is 2.67 bits per heavy atom. The van der Waals surface area contributed by atoms with Gasteiger partial charge in [0.1, 0.15) is 11.6 Å². The van der Waals surface area contributed by atoms with E-state index in [0.29, 0.717) is 0 Å². The second-order valence-electron chi connectivity index (χ2n) is 5.44. The van der Waals surface area contributed by atoms with Crippen LogP contribution in [-0.4, -0.2) is 20.1 Å². The summed E-state index contributed by atoms with van der Waals surface area (Å²) in [5.74, 6) is 1.86. The summed E-state index contributed by atoms with van der Waals surface area (Å²) < 4.78 is 1.99. The normalized spacial score (nSPS) is 11.8. The Balaban J connectivity index is 2.18. The van der Waals surface area contributed by atoms with Gasteiger partial charge in [-0.25, -0.2) is 9.97 Å². The third kappa shape index (κ3) is 3.17. The van der Waals surface area contributed by atoms with Crippen LogP contribution < -0.4 is 5.32 Å². The Morgan fingerprint density at radius 2 is 2.06 bits per heavy atom. The summed E-state index contributed by atoms with van der Waals surface area (Å²) in [4.78, 5) is 8.85. The van der Waals surface area contributed by atoms with Gasteiger partial charge >= 0.3 is 0 Å². The van der Waals surface area contributed by atoms with Gasteiger partial charge in [0.2, 0.25) is 0 Å². The second kappa shape index (κ2) is 4.90. The molecule has 0 aliphatic heterocycles. The van der Waals surface area contributed by atoms with Crippen LogP contribution in [0.1, 0.15) is 32.3 Å². The van der Waals surface area contributed by atoms with Crippen molar-refractivity contribution in [3.8, 4) is 5.82 Å². The Kier molecular flexibility index (Phi) is 3.48. The molecular weight excluding hydrogens is 224 g/mol. The molecule has 0 saturated heterocycles. The Labute approximate surface area is 108 Å². The molecule has 0 radical (unpaired) electrons. The molecule has 2 rings (SSSR count). The molecular formula is C14H20N4. The second-order valence-corrected chi connectivity index (χ2v) is 5.44. The van der Waals surface area contributed by atoms with E-state index in [1.54, 1.807) is 6.20 Å². The number of rotatable bonds is 3. The van der Waals surface area contributed by atoms with Gasteiger partial charge in [0.05, 0.1) is 5.69 Å². The number of pyridine rings is 1. The minimum atomic E-state index is 0.0998. The van der Waals surface area contributed by atoms with E-state index in [1.807, 2.05) is 35.9 Å². The number of hydrogen-bond acceptors (Lipinski definition) is 3. The maximum Gasteiger partial charge on any atom is 0.138 e. The van der Waals surface area contributed by atoms with Gasteiger partial charge < -0.3 is 5.32 Å². The number of aryl methyl sites for hydroxylation is 1. The van der Waals surface area contributed by atoms with Crippen molar-refractivity contribution >= 4 is 0 Å². The average molecular weight is 244 g/mol. The minimum absolute atomic E-state index is 0.0998. The van der Waals surface area contributed by atoms with E-state index >= 15 is 0 Å². The lowest BCUT2D eigenvalue weighted by Gasteiger charge is -2.20. The van der Waals surface area contributed by atoms with Crippen LogP contribution in [0.4, 0.5) is 0 Å². The first kappa shape index (κ1) is 12.8. The molecule has 4 heteroatoms. The first-order valence-corrected chi connectivity index (χ1v) is 6.17. The summed E-state index contributed by atoms with van der Waals surface area (Å²) in [6, 6.07) is 6.06. The zero-order chi connectivity index (χ0) is 13.2. The van der Waals surface area contributed by atoms with Gasteiger partial charge in [-0.2, -0.15) is 0 Å². The van der Waals surface area contributed by atoms with Gasteiger partial charge in [0, 0.05) is 24.5 Å². The summed E-state index contributed by atoms with van der Waals surface area (Å²) in [5.41, 5.74) is 1.14. The molecule has 0 atom stereocenters. The van der Waals surface area contributed by atoms with Crippen LogP contribution in [0.15, 0.2) is 30.6 Å². The molecule has 0 bridgehead atoms. The Morgan fingerprint density at radius 1 is 1.28 bits per heavy atom. The highest BCUT2D eigenvalue weighted by Gasteiger charge is 2.09. The van der Waals surface area contributed by atoms with E-state index in [4.69, 9.17) is 0 Å². The molecule has 0 fully saturated rings. The minimum Gasteiger partial charge on any atom is -0.306 e. The highest BCUT2D eigenvalue weighted by Crippen LogP contribution is 2.09. The predicted molar refractivity (Wildman–Crippen MR) is 72.7 cm³/mol. The first-order chi connectivity index (χ1) is 8.46. The molecule has 2 aromatic rings. The summed E-state index contributed by atoms with van der Waals surface area (Å²) in [6.07, 6.45) is 3.72. The molecule has 0 aliphatic rings. The van der Waals surface area contributed by atoms with Gasteiger partial charge in [-0.05, 0) is 39.8 Å². The molecule has 1 N–H and O–H groups in total. The standard InChI is InChI=1S/C14H20N4/c1-11-15-8-9-18(11)13-7-5-6-12(17-13)10-16-14(2,3)4/h5-9,16H,10H2,1-4H3. The van der Waals surface area contributed by atoms with E-state index in [9.17, 15) is 0 Å². The average Bonchev–Trinajstić information content (AvgIpc) is 2.72. The lowest BCUT2D eigenvalue weighted by molar-refractivity contribution is 0.421. The Bertz CT molecular complexity index is 523. The number of aromatic nitrogens is 3. The molecule has 2 heterocycles. The van der Waals surface area contributed by atoms with E-state index in [-0.39, 0.29) is 5.54 Å². The van der Waals surface area contributed by atoms with E-state index < -0.39 is 0 Å². The largest absolute Gasteiger partial charge is 0.306 e. The molecule has 4 nitrogen and oxygen atoms in total. The number of hydrogen-bond donors (Lipinski definition) is 1. The van der Waals surface area contributed by atoms with Crippen LogP contribution in [-0.2, 0) is 6.54 Å². The SMILES string of the molecule is Cc1nccn1-c1cccc(CNC(C)(C)C)n1. The number of nitrogens with one attached hydrogen (secondary N) is 1. The quantitative estimate of drug-likeness (QED) is 0.902. The summed E-state index contributed by atoms with van der Waals surface area (Å²) in [6.45, 7) is 9.19. The molecule has 2 aromatic heterocycles. The monoisotopic (exact) mass is 244 g/mol. The molecule has 0 spiro atoms. The molecule has 0 unspecified atom stereocenters. The fourth-order valence-corrected chi connectivity index (χ4v) is 1.68. The topological polar surface area (TPSA) is 42.7 Å². The molecule has 96 valence electrons. The van der Waals surface area contributed by atoms with Crippen molar-refractivity contribution in [3.63, 3.8) is 0 Å². The summed E-state index contributed by atoms with van der Waals surface area (Å²) in [7, 11) is 0. The van der Waals surface area contributed by atoms with Gasteiger partial charge in [-0.15, -0.1) is 0 Å². The van der Waals surface area contributed by atoms with Crippen LogP contribution in [0.2, 0.25) is 0 Å². The molecule has 0 amide bonds. The zero-order valence-corrected chi connectivity index (χ0v) is 11.4. The van der Waals surface area contributed by atoms with Crippen molar-refractivity contribution < 1.29 is 0 Å². The molecule has 0 aliphatic carbocycles. The van der Waals surface area contributed by atoms with Crippen molar-refractivity contribution in [2.45, 2.75) is 39.8 Å². The number of imidazole rings is 1. The third-order valence-electron chi connectivity index (χ3n) is 2.66. The maximum atomic E-state index is 4.64. The van der Waals surface area contributed by atoms with Crippen LogP contribution in [0.3, 0.4) is 0 Å². The predicted octanol–water partition coefficient (Wildman–Crippen LogP) is 2.46. The maximum absolute atomic E-state index is 4.64. The van der Waals surface area contributed by atoms with Crippen LogP contribution in [0, 0.1) is 6.92 Å². The fourth-order valence-electron chi connectivity index (χ4n) is 1.68. The molecule has 0 aromatic carbocycles. The van der Waals surface area contributed by atoms with Crippen molar-refractivity contribution in [2.24, 2.45) is 0 Å². The van der Waals surface area contributed by atoms with Crippen molar-refractivity contribution in [1.29, 1.82) is 0 Å². The van der Waals surface area contributed by atoms with Gasteiger partial charge in [0.15, 0.2) is 0 Å². The van der Waals surface area contributed by atoms with Gasteiger partial charge in [0.25, 0.3) is 0 Å². The first-order valence-electron chi connectivity index (χ1n) is 6.17. The lowest BCUT2D eigenvalue weighted by Crippen LogP contribution is -2.35. The van der Waals surface area contributed by atoms with E-state index in [0.717, 1.165) is 23.9 Å². The number of nitrogens with zero attached hydrogens (tertiary/aromatic N) is 3. The highest BCUT2D eigenvalue weighted by atomic mass is 15.1. The highest BCUT2D eigenvalue weighted by molar-refractivity contribution is 5.26. The summed E-state index contributed by atoms with van der Waals surface area (Å²) >= 11 is 0. The summed E-state index contributed by atoms with van der Waals surface area (Å²) in [5, 5.41) is 3.44. The van der Waals surface area contributed by atoms with Gasteiger partial charge in [-0.3, -0.25) is 4.57 Å². The van der Waals surface area contributed by atoms with Crippen molar-refractivity contribution in [3.05, 3.63) is 42.1 Å². The van der Waals surface area contributed by atoms with E-state index in [1.165, 1.54) is 0 Å². The van der Waals surface area contributed by atoms with Crippen molar-refractivity contribution in [1.82, 2.24) is 19.9 Å². The zero-order valence-electron chi connectivity index (χ0n) is 11.4. The van der Waals surface area contributed by atoms with Crippen LogP contribution in [0.25, 0.3) is 5.82 Å². The fraction of sp³-hybridized carbons (Fsp3) is 0.429. The van der Waals surface area contributed by atoms with E-state index in [2.05, 4.69) is 36.1 Å². The third-order valence-corrected chi connectivity index (χ3v) is 2.66. The van der Waals surface area contributed by atoms with Crippen LogP contribution >= 0.6 is 0 Å². The lowest BCUT2D eigenvalue weighted by atomic mass is 10.1. The molecule has 18 heavy (non-hydrogen) atoms. The van der Waals surface area contributed by atoms with Gasteiger partial charge in [-0.1, -0.05) is 6.07 Å². The van der Waals surface area contributed by atoms with Crippen molar-refractivity contribution in [2.75, 3.05) is 0 Å². The van der Waals surface area contributed by atoms with Crippen LogP contribution in [0.5, 0.6) is 0 Å².